The Balaban J connectivity index is 0.000000204. The number of halogens is 4. The number of methoxy groups -OCH3 is 1. The second-order valence-electron chi connectivity index (χ2n) is 9.20. The maximum atomic E-state index is 13.2. The van der Waals surface area contributed by atoms with E-state index in [1.54, 1.807) is 13.0 Å². The van der Waals surface area contributed by atoms with Crippen molar-refractivity contribution < 1.29 is 36.1 Å². The molecule has 0 aliphatic rings. The molecule has 0 radical (unpaired) electrons. The first-order chi connectivity index (χ1) is 20.8. The predicted octanol–water partition coefficient (Wildman–Crippen LogP) is 6.78. The van der Waals surface area contributed by atoms with Crippen LogP contribution >= 0.6 is 24.4 Å². The summed E-state index contributed by atoms with van der Waals surface area (Å²) in [6.07, 6.45) is -4.37. The van der Waals surface area contributed by atoms with Gasteiger partial charge in [0.2, 0.25) is 0 Å². The highest BCUT2D eigenvalue weighted by molar-refractivity contribution is 7.80. The van der Waals surface area contributed by atoms with Crippen molar-refractivity contribution in [1.82, 2.24) is 15.6 Å². The number of nitrogens with one attached hydrogen (secondary N) is 4. The number of alkyl halides is 3. The minimum atomic E-state index is -4.37. The standard InChI is InChI=1S/C16H12F3N3OS.C12H12FN3O3S/c1-9-2-7-13-12(8-9)14(22-23-13)21-15(24)20-11-5-3-10(4-6-11)16(17,18)19;1-6(11(17)18-2)14-12(20)15-10-8-5-7(13)3-4-9(8)19-16-10/h2-8H,1H3,(H2,20,21,22,24);3-6H,1-2H3,(H2,14,15,16,20). The van der Waals surface area contributed by atoms with Gasteiger partial charge in [0, 0.05) is 5.69 Å². The summed E-state index contributed by atoms with van der Waals surface area (Å²) in [7, 11) is 1.28. The van der Waals surface area contributed by atoms with Gasteiger partial charge in [-0.05, 0) is 92.9 Å². The number of fused-ring (bicyclic) bond motifs is 2. The molecule has 3 aromatic carbocycles. The first-order valence-electron chi connectivity index (χ1n) is 12.7. The Morgan fingerprint density at radius 1 is 0.864 bits per heavy atom. The smallest absolute Gasteiger partial charge is 0.416 e. The fourth-order valence-electron chi connectivity index (χ4n) is 3.73. The first kappa shape index (κ1) is 32.1. The molecule has 5 aromatic rings. The van der Waals surface area contributed by atoms with Crippen molar-refractivity contribution in [3.63, 3.8) is 0 Å². The third-order valence-corrected chi connectivity index (χ3v) is 6.32. The maximum absolute atomic E-state index is 13.2. The van der Waals surface area contributed by atoms with E-state index in [2.05, 4.69) is 36.3 Å². The zero-order chi connectivity index (χ0) is 32.0. The van der Waals surface area contributed by atoms with Crippen LogP contribution in [0.2, 0.25) is 0 Å². The molecular weight excluding hydrogens is 624 g/mol. The number of carbonyl (C=O) groups excluding carboxylic acids is 1. The molecule has 4 N–H and O–H groups in total. The lowest BCUT2D eigenvalue weighted by Crippen LogP contribution is -2.41. The third kappa shape index (κ3) is 8.17. The minimum absolute atomic E-state index is 0.155. The van der Waals surface area contributed by atoms with Crippen molar-refractivity contribution in [3.05, 3.63) is 77.6 Å². The van der Waals surface area contributed by atoms with E-state index in [9.17, 15) is 22.4 Å². The Morgan fingerprint density at radius 3 is 2.02 bits per heavy atom. The molecule has 0 spiro atoms. The number of hydrogen-bond donors (Lipinski definition) is 4. The fourth-order valence-corrected chi connectivity index (χ4v) is 4.22. The SMILES string of the molecule is COC(=O)C(C)NC(=S)Nc1noc2ccc(F)cc12.Cc1ccc2onc(NC(=S)Nc3ccc(C(F)(F)F)cc3)c2c1. The van der Waals surface area contributed by atoms with Gasteiger partial charge in [0.25, 0.3) is 0 Å². The second kappa shape index (κ2) is 13.6. The van der Waals surface area contributed by atoms with E-state index in [1.165, 1.54) is 37.4 Å². The quantitative estimate of drug-likeness (QED) is 0.0912. The minimum Gasteiger partial charge on any atom is -0.467 e. The van der Waals surface area contributed by atoms with Crippen molar-refractivity contribution in [2.45, 2.75) is 26.1 Å². The van der Waals surface area contributed by atoms with Gasteiger partial charge in [-0.3, -0.25) is 0 Å². The summed E-state index contributed by atoms with van der Waals surface area (Å²) in [5, 5.41) is 20.4. The molecule has 1 atom stereocenters. The van der Waals surface area contributed by atoms with E-state index in [1.807, 2.05) is 19.1 Å². The van der Waals surface area contributed by atoms with Gasteiger partial charge in [0.05, 0.1) is 23.4 Å². The number of esters is 1. The summed E-state index contributed by atoms with van der Waals surface area (Å²) < 4.78 is 65.6. The molecule has 0 aliphatic carbocycles. The zero-order valence-corrected chi connectivity index (χ0v) is 24.8. The van der Waals surface area contributed by atoms with Gasteiger partial charge in [0.15, 0.2) is 33.0 Å². The molecule has 0 aliphatic heterocycles. The number of thiocarbonyl (C=S) groups is 2. The van der Waals surface area contributed by atoms with Crippen LogP contribution in [0, 0.1) is 12.7 Å². The second-order valence-corrected chi connectivity index (χ2v) is 10.0. The van der Waals surface area contributed by atoms with E-state index in [0.717, 1.165) is 23.1 Å². The highest BCUT2D eigenvalue weighted by Crippen LogP contribution is 2.30. The van der Waals surface area contributed by atoms with Crippen LogP contribution < -0.4 is 21.3 Å². The van der Waals surface area contributed by atoms with Gasteiger partial charge in [-0.1, -0.05) is 21.9 Å². The molecular formula is C28H24F4N6O4S2. The molecule has 2 aromatic heterocycles. The van der Waals surface area contributed by atoms with Crippen LogP contribution in [0.15, 0.2) is 69.7 Å². The van der Waals surface area contributed by atoms with Gasteiger partial charge < -0.3 is 35.1 Å². The predicted molar refractivity (Wildman–Crippen MR) is 165 cm³/mol. The number of anilines is 3. The first-order valence-corrected chi connectivity index (χ1v) is 13.5. The van der Waals surface area contributed by atoms with Gasteiger partial charge in [-0.25, -0.2) is 9.18 Å². The Labute approximate surface area is 258 Å². The molecule has 1 unspecified atom stereocenters. The molecule has 5 rings (SSSR count). The van der Waals surface area contributed by atoms with E-state index in [-0.39, 0.29) is 16.0 Å². The van der Waals surface area contributed by atoms with Gasteiger partial charge in [0.1, 0.15) is 11.9 Å². The number of hydrogen-bond acceptors (Lipinski definition) is 8. The van der Waals surface area contributed by atoms with Crippen molar-refractivity contribution in [1.29, 1.82) is 0 Å². The van der Waals surface area contributed by atoms with Crippen LogP contribution in [0.1, 0.15) is 18.1 Å². The molecule has 10 nitrogen and oxygen atoms in total. The number of rotatable bonds is 5. The molecule has 2 heterocycles. The van der Waals surface area contributed by atoms with E-state index in [0.29, 0.717) is 28.1 Å². The molecule has 16 heteroatoms. The largest absolute Gasteiger partial charge is 0.467 e. The van der Waals surface area contributed by atoms with Crippen molar-refractivity contribution >= 4 is 79.9 Å². The number of carbonyl (C=O) groups is 1. The zero-order valence-electron chi connectivity index (χ0n) is 23.2. The van der Waals surface area contributed by atoms with Crippen molar-refractivity contribution in [3.8, 4) is 0 Å². The molecule has 44 heavy (non-hydrogen) atoms. The Morgan fingerprint density at radius 2 is 1.43 bits per heavy atom. The highest BCUT2D eigenvalue weighted by Gasteiger charge is 2.30. The van der Waals surface area contributed by atoms with Gasteiger partial charge >= 0.3 is 12.1 Å². The van der Waals surface area contributed by atoms with E-state index < -0.39 is 29.6 Å². The Bertz CT molecular complexity index is 1810. The van der Waals surface area contributed by atoms with E-state index >= 15 is 0 Å². The Hall–Kier alpha value is -4.83. The highest BCUT2D eigenvalue weighted by atomic mass is 32.1. The van der Waals surface area contributed by atoms with Gasteiger partial charge in [-0.2, -0.15) is 13.2 Å². The molecule has 0 bridgehead atoms. The van der Waals surface area contributed by atoms with Crippen LogP contribution in [0.4, 0.5) is 34.9 Å². The van der Waals surface area contributed by atoms with Crippen LogP contribution in [-0.4, -0.2) is 39.7 Å². The summed E-state index contributed by atoms with van der Waals surface area (Å²) in [6.45, 7) is 3.54. The summed E-state index contributed by atoms with van der Waals surface area (Å²) in [5.41, 5.74) is 1.79. The lowest BCUT2D eigenvalue weighted by Gasteiger charge is -2.13. The van der Waals surface area contributed by atoms with Crippen LogP contribution in [0.3, 0.4) is 0 Å². The molecule has 0 amide bonds. The number of aromatic nitrogens is 2. The van der Waals surface area contributed by atoms with Crippen molar-refractivity contribution in [2.75, 3.05) is 23.1 Å². The molecule has 0 saturated carbocycles. The molecule has 0 fully saturated rings. The number of nitrogens with zero attached hydrogens (tertiary/aromatic N) is 2. The summed E-state index contributed by atoms with van der Waals surface area (Å²) in [5.74, 6) is -0.150. The number of benzene rings is 3. The Kier molecular flexibility index (Phi) is 9.95. The fraction of sp³-hybridized carbons (Fsp3) is 0.179. The monoisotopic (exact) mass is 648 g/mol. The topological polar surface area (TPSA) is 126 Å². The lowest BCUT2D eigenvalue weighted by molar-refractivity contribution is -0.142. The number of ether oxygens (including phenoxy) is 1. The van der Waals surface area contributed by atoms with Gasteiger partial charge in [-0.15, -0.1) is 0 Å². The van der Waals surface area contributed by atoms with Crippen molar-refractivity contribution in [2.24, 2.45) is 0 Å². The average Bonchev–Trinajstić information content (AvgIpc) is 3.55. The normalized spacial score (nSPS) is 11.7. The van der Waals surface area contributed by atoms with Crippen LogP contribution in [0.5, 0.6) is 0 Å². The molecule has 230 valence electrons. The maximum Gasteiger partial charge on any atom is 0.416 e. The third-order valence-electron chi connectivity index (χ3n) is 5.89. The summed E-state index contributed by atoms with van der Waals surface area (Å²) >= 11 is 10.2. The summed E-state index contributed by atoms with van der Waals surface area (Å²) in [6, 6.07) is 13.6. The van der Waals surface area contributed by atoms with E-state index in [4.69, 9.17) is 33.5 Å². The summed E-state index contributed by atoms with van der Waals surface area (Å²) in [4.78, 5) is 11.3. The van der Waals surface area contributed by atoms with Crippen LogP contribution in [0.25, 0.3) is 21.9 Å². The molecule has 0 saturated heterocycles. The number of aryl methyl sites for hydroxylation is 1. The average molecular weight is 649 g/mol. The van der Waals surface area contributed by atoms with Crippen LogP contribution in [-0.2, 0) is 15.7 Å². The lowest BCUT2D eigenvalue weighted by atomic mass is 10.2.